The van der Waals surface area contributed by atoms with Crippen LogP contribution in [0.1, 0.15) is 44.4 Å². The summed E-state index contributed by atoms with van der Waals surface area (Å²) in [5, 5.41) is 9.74. The molecule has 1 heterocycles. The lowest BCUT2D eigenvalue weighted by atomic mass is 10.1. The zero-order valence-electron chi connectivity index (χ0n) is 10.7. The Morgan fingerprint density at radius 1 is 1.31 bits per heavy atom. The molecule has 0 aliphatic rings. The van der Waals surface area contributed by atoms with Gasteiger partial charge >= 0.3 is 0 Å². The lowest BCUT2D eigenvalue weighted by molar-refractivity contribution is 0.173. The number of aromatic nitrogens is 1. The van der Waals surface area contributed by atoms with Crippen LogP contribution in [-0.2, 0) is 0 Å². The molecule has 1 aromatic heterocycles. The highest BCUT2D eigenvalue weighted by molar-refractivity contribution is 5.47. The number of aliphatic hydroxyl groups is 1. The van der Waals surface area contributed by atoms with Gasteiger partial charge in [0.25, 0.3) is 0 Å². The molecular weight excluding hydrogens is 200 g/mol. The number of hydrogen-bond acceptors (Lipinski definition) is 3. The molecule has 0 aromatic carbocycles. The standard InChI is InChI=1S/C13H22N2O/c1-5-12(16)11-8-10(4)13(14-9-11)15(6-2)7-3/h8-9,12,16H,5-7H2,1-4H3/t12-/m0/s1. The maximum Gasteiger partial charge on any atom is 0.131 e. The molecule has 1 atom stereocenters. The zero-order valence-corrected chi connectivity index (χ0v) is 10.7. The highest BCUT2D eigenvalue weighted by Crippen LogP contribution is 2.22. The molecule has 1 N–H and O–H groups in total. The predicted molar refractivity (Wildman–Crippen MR) is 67.8 cm³/mol. The molecule has 0 radical (unpaired) electrons. The van der Waals surface area contributed by atoms with Gasteiger partial charge in [0, 0.05) is 19.3 Å². The van der Waals surface area contributed by atoms with Gasteiger partial charge in [0.2, 0.25) is 0 Å². The summed E-state index contributed by atoms with van der Waals surface area (Å²) in [5.74, 6) is 1.03. The summed E-state index contributed by atoms with van der Waals surface area (Å²) in [5.41, 5.74) is 2.05. The molecule has 0 saturated carbocycles. The highest BCUT2D eigenvalue weighted by Gasteiger charge is 2.11. The fourth-order valence-electron chi connectivity index (χ4n) is 1.86. The van der Waals surface area contributed by atoms with Crippen molar-refractivity contribution in [2.45, 2.75) is 40.2 Å². The molecule has 0 amide bonds. The minimum absolute atomic E-state index is 0.392. The molecular formula is C13H22N2O. The third-order valence-corrected chi connectivity index (χ3v) is 2.91. The van der Waals surface area contributed by atoms with Gasteiger partial charge in [0.1, 0.15) is 5.82 Å². The summed E-state index contributed by atoms with van der Waals surface area (Å²) in [4.78, 5) is 6.67. The van der Waals surface area contributed by atoms with Crippen LogP contribution in [0.5, 0.6) is 0 Å². The van der Waals surface area contributed by atoms with Crippen molar-refractivity contribution in [3.8, 4) is 0 Å². The van der Waals surface area contributed by atoms with Gasteiger partial charge in [-0.15, -0.1) is 0 Å². The average Bonchev–Trinajstić information content (AvgIpc) is 2.31. The number of pyridine rings is 1. The van der Waals surface area contributed by atoms with Gasteiger partial charge in [-0.05, 0) is 44.4 Å². The van der Waals surface area contributed by atoms with E-state index in [1.807, 2.05) is 19.9 Å². The average molecular weight is 222 g/mol. The largest absolute Gasteiger partial charge is 0.388 e. The van der Waals surface area contributed by atoms with Gasteiger partial charge in [0.15, 0.2) is 0 Å². The summed E-state index contributed by atoms with van der Waals surface area (Å²) in [6.45, 7) is 10.2. The van der Waals surface area contributed by atoms with Crippen LogP contribution in [0.25, 0.3) is 0 Å². The molecule has 0 bridgehead atoms. The summed E-state index contributed by atoms with van der Waals surface area (Å²) in [6, 6.07) is 2.04. The first-order chi connectivity index (χ1) is 7.63. The second-order valence-corrected chi connectivity index (χ2v) is 4.01. The molecule has 3 heteroatoms. The van der Waals surface area contributed by atoms with E-state index in [0.29, 0.717) is 0 Å². The van der Waals surface area contributed by atoms with E-state index >= 15 is 0 Å². The fourth-order valence-corrected chi connectivity index (χ4v) is 1.86. The van der Waals surface area contributed by atoms with Gasteiger partial charge in [-0.25, -0.2) is 4.98 Å². The maximum absolute atomic E-state index is 9.74. The molecule has 3 nitrogen and oxygen atoms in total. The van der Waals surface area contributed by atoms with Crippen LogP contribution >= 0.6 is 0 Å². The van der Waals surface area contributed by atoms with Crippen LogP contribution < -0.4 is 4.90 Å². The topological polar surface area (TPSA) is 36.4 Å². The van der Waals surface area contributed by atoms with Crippen molar-refractivity contribution in [2.75, 3.05) is 18.0 Å². The summed E-state index contributed by atoms with van der Waals surface area (Å²) in [7, 11) is 0. The Hall–Kier alpha value is -1.09. The number of nitrogens with zero attached hydrogens (tertiary/aromatic N) is 2. The van der Waals surface area contributed by atoms with Crippen molar-refractivity contribution in [1.29, 1.82) is 0 Å². The van der Waals surface area contributed by atoms with Crippen molar-refractivity contribution in [3.05, 3.63) is 23.4 Å². The summed E-state index contributed by atoms with van der Waals surface area (Å²) < 4.78 is 0. The summed E-state index contributed by atoms with van der Waals surface area (Å²) >= 11 is 0. The molecule has 0 aliphatic carbocycles. The molecule has 16 heavy (non-hydrogen) atoms. The monoisotopic (exact) mass is 222 g/mol. The van der Waals surface area contributed by atoms with Crippen LogP contribution in [0.3, 0.4) is 0 Å². The van der Waals surface area contributed by atoms with Crippen LogP contribution in [0, 0.1) is 6.92 Å². The predicted octanol–water partition coefficient (Wildman–Crippen LogP) is 2.68. The zero-order chi connectivity index (χ0) is 12.1. The molecule has 1 rings (SSSR count). The number of hydrogen-bond donors (Lipinski definition) is 1. The van der Waals surface area contributed by atoms with Gasteiger partial charge < -0.3 is 10.0 Å². The van der Waals surface area contributed by atoms with E-state index in [1.54, 1.807) is 6.20 Å². The Balaban J connectivity index is 2.99. The quantitative estimate of drug-likeness (QED) is 0.832. The van der Waals surface area contributed by atoms with Gasteiger partial charge in [-0.2, -0.15) is 0 Å². The molecule has 90 valence electrons. The van der Waals surface area contributed by atoms with E-state index in [4.69, 9.17) is 0 Å². The van der Waals surface area contributed by atoms with Crippen LogP contribution in [0.4, 0.5) is 5.82 Å². The van der Waals surface area contributed by atoms with Crippen LogP contribution in [0.15, 0.2) is 12.3 Å². The molecule has 0 unspecified atom stereocenters. The highest BCUT2D eigenvalue weighted by atomic mass is 16.3. The first-order valence-corrected chi connectivity index (χ1v) is 6.03. The van der Waals surface area contributed by atoms with Gasteiger partial charge in [-0.3, -0.25) is 0 Å². The Morgan fingerprint density at radius 3 is 2.38 bits per heavy atom. The minimum Gasteiger partial charge on any atom is -0.388 e. The number of aliphatic hydroxyl groups excluding tert-OH is 1. The normalized spacial score (nSPS) is 12.6. The number of rotatable bonds is 5. The van der Waals surface area contributed by atoms with Gasteiger partial charge in [-0.1, -0.05) is 6.92 Å². The Morgan fingerprint density at radius 2 is 1.94 bits per heavy atom. The lowest BCUT2D eigenvalue weighted by Crippen LogP contribution is -2.24. The molecule has 0 saturated heterocycles. The number of aryl methyl sites for hydroxylation is 1. The Bertz CT molecular complexity index is 335. The molecule has 0 spiro atoms. The maximum atomic E-state index is 9.74. The third-order valence-electron chi connectivity index (χ3n) is 2.91. The number of anilines is 1. The third kappa shape index (κ3) is 2.73. The van der Waals surface area contributed by atoms with Crippen molar-refractivity contribution in [3.63, 3.8) is 0 Å². The smallest absolute Gasteiger partial charge is 0.131 e. The van der Waals surface area contributed by atoms with E-state index in [1.165, 1.54) is 0 Å². The SMILES string of the molecule is CC[C@H](O)c1cnc(N(CC)CC)c(C)c1. The van der Waals surface area contributed by atoms with Crippen LogP contribution in [-0.4, -0.2) is 23.2 Å². The van der Waals surface area contributed by atoms with E-state index in [9.17, 15) is 5.11 Å². The lowest BCUT2D eigenvalue weighted by Gasteiger charge is -2.22. The van der Waals surface area contributed by atoms with E-state index in [-0.39, 0.29) is 0 Å². The van der Waals surface area contributed by atoms with E-state index in [0.717, 1.165) is 36.5 Å². The van der Waals surface area contributed by atoms with Crippen molar-refractivity contribution in [1.82, 2.24) is 4.98 Å². The van der Waals surface area contributed by atoms with Crippen molar-refractivity contribution in [2.24, 2.45) is 0 Å². The second-order valence-electron chi connectivity index (χ2n) is 4.01. The Labute approximate surface area is 98.1 Å². The Kier molecular flexibility index (Phi) is 4.74. The van der Waals surface area contributed by atoms with Gasteiger partial charge in [0.05, 0.1) is 6.10 Å². The first-order valence-electron chi connectivity index (χ1n) is 6.03. The fraction of sp³-hybridized carbons (Fsp3) is 0.615. The minimum atomic E-state index is -0.392. The molecule has 0 aliphatic heterocycles. The molecule has 0 fully saturated rings. The van der Waals surface area contributed by atoms with Crippen LogP contribution in [0.2, 0.25) is 0 Å². The molecule has 1 aromatic rings. The van der Waals surface area contributed by atoms with E-state index in [2.05, 4.69) is 23.7 Å². The van der Waals surface area contributed by atoms with E-state index < -0.39 is 6.10 Å². The van der Waals surface area contributed by atoms with Crippen molar-refractivity contribution < 1.29 is 5.11 Å². The van der Waals surface area contributed by atoms with Crippen molar-refractivity contribution >= 4 is 5.82 Å². The first kappa shape index (κ1) is 13.0. The second kappa shape index (κ2) is 5.85. The summed E-state index contributed by atoms with van der Waals surface area (Å²) in [6.07, 6.45) is 2.12.